The second-order valence-corrected chi connectivity index (χ2v) is 4.67. The average Bonchev–Trinajstić information content (AvgIpc) is 2.37. The minimum Gasteiger partial charge on any atom is -0.384 e. The van der Waals surface area contributed by atoms with Crippen LogP contribution in [0.3, 0.4) is 0 Å². The first kappa shape index (κ1) is 12.7. The summed E-state index contributed by atoms with van der Waals surface area (Å²) in [5.74, 6) is -0.320. The third-order valence-corrected chi connectivity index (χ3v) is 3.38. The van der Waals surface area contributed by atoms with E-state index < -0.39 is 10.6 Å². The Kier molecular flexibility index (Phi) is 3.72. The maximum atomic E-state index is 13.1. The number of hydrogen-bond donors (Lipinski definition) is 1. The van der Waals surface area contributed by atoms with Crippen LogP contribution >= 0.6 is 15.9 Å². The van der Waals surface area contributed by atoms with Gasteiger partial charge in [-0.2, -0.15) is 0 Å². The van der Waals surface area contributed by atoms with E-state index in [0.29, 0.717) is 16.9 Å². The predicted octanol–water partition coefficient (Wildman–Crippen LogP) is 3.12. The fraction of sp³-hybridized carbons (Fsp3) is 0.0769. The molecule has 1 atom stereocenters. The number of ketones is 1. The Balaban J connectivity index is 2.29. The number of halogens is 2. The van der Waals surface area contributed by atoms with Crippen molar-refractivity contribution in [3.8, 4) is 0 Å². The van der Waals surface area contributed by atoms with Gasteiger partial charge in [-0.25, -0.2) is 9.37 Å². The zero-order chi connectivity index (χ0) is 13.1. The summed E-state index contributed by atoms with van der Waals surface area (Å²) in [7, 11) is 0. The summed E-state index contributed by atoms with van der Waals surface area (Å²) >= 11 is 3.29. The van der Waals surface area contributed by atoms with Gasteiger partial charge >= 0.3 is 0 Å². The van der Waals surface area contributed by atoms with Crippen molar-refractivity contribution in [3.63, 3.8) is 0 Å². The van der Waals surface area contributed by atoms with Gasteiger partial charge in [0, 0.05) is 11.8 Å². The highest BCUT2D eigenvalue weighted by atomic mass is 79.9. The molecule has 0 fully saturated rings. The Bertz CT molecular complexity index is 589. The number of Topliss-reactive ketones (excluding diaryl/α,β-unsaturated/α-hetero) is 1. The lowest BCUT2D eigenvalue weighted by Crippen LogP contribution is -2.08. The van der Waals surface area contributed by atoms with Gasteiger partial charge in [-0.15, -0.1) is 0 Å². The van der Waals surface area contributed by atoms with E-state index in [9.17, 15) is 9.18 Å². The van der Waals surface area contributed by atoms with E-state index in [4.69, 9.17) is 5.73 Å². The van der Waals surface area contributed by atoms with E-state index in [2.05, 4.69) is 20.9 Å². The Morgan fingerprint density at radius 2 is 2.11 bits per heavy atom. The average molecular weight is 309 g/mol. The lowest BCUT2D eigenvalue weighted by atomic mass is 10.0. The molecule has 1 aromatic heterocycles. The van der Waals surface area contributed by atoms with Crippen LogP contribution in [0.1, 0.15) is 20.7 Å². The van der Waals surface area contributed by atoms with Crippen LogP contribution in [0.4, 0.5) is 10.2 Å². The second-order valence-electron chi connectivity index (χ2n) is 3.75. The molecule has 2 rings (SSSR count). The van der Waals surface area contributed by atoms with Crippen molar-refractivity contribution >= 4 is 27.5 Å². The van der Waals surface area contributed by atoms with Crippen molar-refractivity contribution < 1.29 is 9.18 Å². The molecular formula is C13H10BrFN2O. The molecule has 18 heavy (non-hydrogen) atoms. The maximum absolute atomic E-state index is 13.1. The molecule has 0 aliphatic carbocycles. The molecule has 0 bridgehead atoms. The van der Waals surface area contributed by atoms with Crippen molar-refractivity contribution in [2.45, 2.75) is 4.83 Å². The number of aromatic nitrogens is 1. The molecule has 1 aromatic carbocycles. The number of nitrogen functional groups attached to an aromatic ring is 1. The second kappa shape index (κ2) is 5.27. The predicted molar refractivity (Wildman–Crippen MR) is 71.0 cm³/mol. The van der Waals surface area contributed by atoms with Gasteiger partial charge in [-0.05, 0) is 29.8 Å². The molecule has 0 aliphatic heterocycles. The van der Waals surface area contributed by atoms with Crippen LogP contribution in [0.2, 0.25) is 0 Å². The number of benzene rings is 1. The topological polar surface area (TPSA) is 56.0 Å². The molecule has 3 nitrogen and oxygen atoms in total. The summed E-state index contributed by atoms with van der Waals surface area (Å²) in [5, 5.41) is 0. The van der Waals surface area contributed by atoms with Gasteiger partial charge < -0.3 is 5.73 Å². The quantitative estimate of drug-likeness (QED) is 0.700. The smallest absolute Gasteiger partial charge is 0.180 e. The molecule has 0 radical (unpaired) electrons. The van der Waals surface area contributed by atoms with Gasteiger partial charge in [0.2, 0.25) is 0 Å². The molecule has 0 spiro atoms. The van der Waals surface area contributed by atoms with Crippen LogP contribution in [0, 0.1) is 5.82 Å². The number of anilines is 1. The van der Waals surface area contributed by atoms with E-state index in [0.717, 1.165) is 0 Å². The van der Waals surface area contributed by atoms with Crippen molar-refractivity contribution in [2.24, 2.45) is 0 Å². The number of nitrogens with two attached hydrogens (primary N) is 1. The number of pyridine rings is 1. The number of hydrogen-bond acceptors (Lipinski definition) is 3. The number of rotatable bonds is 3. The van der Waals surface area contributed by atoms with Crippen molar-refractivity contribution in [3.05, 3.63) is 59.5 Å². The highest BCUT2D eigenvalue weighted by Crippen LogP contribution is 2.27. The maximum Gasteiger partial charge on any atom is 0.180 e. The third-order valence-electron chi connectivity index (χ3n) is 2.44. The van der Waals surface area contributed by atoms with Gasteiger partial charge in [0.25, 0.3) is 0 Å². The van der Waals surface area contributed by atoms with Crippen LogP contribution in [0.5, 0.6) is 0 Å². The lowest BCUT2D eigenvalue weighted by Gasteiger charge is -2.09. The molecule has 1 unspecified atom stereocenters. The molecule has 2 aromatic rings. The van der Waals surface area contributed by atoms with Crippen LogP contribution in [0.25, 0.3) is 0 Å². The van der Waals surface area contributed by atoms with Gasteiger partial charge in [0.1, 0.15) is 16.5 Å². The molecule has 1 heterocycles. The van der Waals surface area contributed by atoms with Crippen molar-refractivity contribution in [2.75, 3.05) is 5.73 Å². The van der Waals surface area contributed by atoms with E-state index in [1.54, 1.807) is 18.2 Å². The van der Waals surface area contributed by atoms with Gasteiger partial charge in [0.05, 0.1) is 0 Å². The van der Waals surface area contributed by atoms with Gasteiger partial charge in [-0.3, -0.25) is 4.79 Å². The summed E-state index contributed by atoms with van der Waals surface area (Å²) in [6.45, 7) is 0. The standard InChI is InChI=1S/C13H10BrFN2O/c14-12(8-4-5-17-11(16)7-8)13(18)9-2-1-3-10(15)6-9/h1-7,12H,(H2,16,17). The Hall–Kier alpha value is -1.75. The molecule has 0 aliphatic rings. The summed E-state index contributed by atoms with van der Waals surface area (Å²) in [6.07, 6.45) is 1.53. The monoisotopic (exact) mass is 308 g/mol. The fourth-order valence-electron chi connectivity index (χ4n) is 1.56. The van der Waals surface area contributed by atoms with E-state index >= 15 is 0 Å². The third kappa shape index (κ3) is 2.73. The van der Waals surface area contributed by atoms with Gasteiger partial charge in [-0.1, -0.05) is 28.1 Å². The highest BCUT2D eigenvalue weighted by molar-refractivity contribution is 9.09. The summed E-state index contributed by atoms with van der Waals surface area (Å²) < 4.78 is 13.1. The first-order chi connectivity index (χ1) is 8.58. The number of alkyl halides is 1. The Morgan fingerprint density at radius 3 is 2.78 bits per heavy atom. The van der Waals surface area contributed by atoms with Crippen LogP contribution < -0.4 is 5.73 Å². The van der Waals surface area contributed by atoms with E-state index in [-0.39, 0.29) is 5.78 Å². The summed E-state index contributed by atoms with van der Waals surface area (Å²) in [4.78, 5) is 15.4. The minimum atomic E-state index is -0.565. The number of carbonyl (C=O) groups excluding carboxylic acids is 1. The normalized spacial score (nSPS) is 12.1. The van der Waals surface area contributed by atoms with E-state index in [1.807, 2.05) is 0 Å². The Labute approximate surface area is 112 Å². The van der Waals surface area contributed by atoms with Crippen molar-refractivity contribution in [1.82, 2.24) is 4.98 Å². The minimum absolute atomic E-state index is 0.222. The van der Waals surface area contributed by atoms with E-state index in [1.165, 1.54) is 24.4 Å². The largest absolute Gasteiger partial charge is 0.384 e. The zero-order valence-electron chi connectivity index (χ0n) is 9.31. The summed E-state index contributed by atoms with van der Waals surface area (Å²) in [6, 6.07) is 8.88. The SMILES string of the molecule is Nc1cc(C(Br)C(=O)c2cccc(F)c2)ccn1. The first-order valence-corrected chi connectivity index (χ1v) is 6.15. The Morgan fingerprint density at radius 1 is 1.33 bits per heavy atom. The fourth-order valence-corrected chi connectivity index (χ4v) is 2.11. The van der Waals surface area contributed by atoms with Crippen molar-refractivity contribution in [1.29, 1.82) is 0 Å². The summed E-state index contributed by atoms with van der Waals surface area (Å²) in [5.41, 5.74) is 6.56. The number of carbonyl (C=O) groups is 1. The highest BCUT2D eigenvalue weighted by Gasteiger charge is 2.19. The lowest BCUT2D eigenvalue weighted by molar-refractivity contribution is 0.0991. The van der Waals surface area contributed by atoms with Gasteiger partial charge in [0.15, 0.2) is 5.78 Å². The van der Waals surface area contributed by atoms with Crippen LogP contribution in [-0.4, -0.2) is 10.8 Å². The first-order valence-electron chi connectivity index (χ1n) is 5.23. The zero-order valence-corrected chi connectivity index (χ0v) is 10.9. The number of nitrogens with zero attached hydrogens (tertiary/aromatic N) is 1. The molecule has 2 N–H and O–H groups in total. The molecular weight excluding hydrogens is 299 g/mol. The molecule has 0 amide bonds. The van der Waals surface area contributed by atoms with Crippen LogP contribution in [0.15, 0.2) is 42.6 Å². The molecule has 0 saturated heterocycles. The molecule has 92 valence electrons. The van der Waals surface area contributed by atoms with Crippen LogP contribution in [-0.2, 0) is 0 Å². The molecule has 0 saturated carbocycles. The molecule has 5 heteroatoms.